The predicted octanol–water partition coefficient (Wildman–Crippen LogP) is 1.29. The third-order valence-corrected chi connectivity index (χ3v) is 4.40. The van der Waals surface area contributed by atoms with Gasteiger partial charge in [-0.25, -0.2) is 8.42 Å². The highest BCUT2D eigenvalue weighted by Gasteiger charge is 2.21. The monoisotopic (exact) mass is 315 g/mol. The average Bonchev–Trinajstić information content (AvgIpc) is 2.89. The molecule has 106 valence electrons. The summed E-state index contributed by atoms with van der Waals surface area (Å²) in [5.74, 6) is 0. The second-order valence-electron chi connectivity index (χ2n) is 3.54. The van der Waals surface area contributed by atoms with E-state index in [1.165, 1.54) is 24.7 Å². The van der Waals surface area contributed by atoms with Crippen LogP contribution in [0.3, 0.4) is 0 Å². The summed E-state index contributed by atoms with van der Waals surface area (Å²) >= 11 is 1.00. The summed E-state index contributed by atoms with van der Waals surface area (Å²) in [4.78, 5) is 10.0. The van der Waals surface area contributed by atoms with Gasteiger partial charge >= 0.3 is 0 Å². The van der Waals surface area contributed by atoms with Crippen molar-refractivity contribution in [2.75, 3.05) is 17.1 Å². The molecule has 20 heavy (non-hydrogen) atoms. The van der Waals surface area contributed by atoms with Crippen LogP contribution in [-0.4, -0.2) is 30.6 Å². The van der Waals surface area contributed by atoms with Crippen LogP contribution in [0.4, 0.5) is 16.5 Å². The molecule has 11 heteroatoms. The minimum absolute atomic E-state index is 0.0883. The molecule has 0 aliphatic carbocycles. The number of aromatic nitrogens is 2. The molecule has 1 heterocycles. The second kappa shape index (κ2) is 5.38. The molecular weight excluding hydrogens is 306 g/mol. The lowest BCUT2D eigenvalue weighted by Gasteiger charge is -2.07. The van der Waals surface area contributed by atoms with Gasteiger partial charge in [0.1, 0.15) is 11.2 Å². The highest BCUT2D eigenvalue weighted by atomic mass is 32.2. The molecule has 1 aromatic carbocycles. The number of hydrogen-bond donors (Lipinski definition) is 2. The van der Waals surface area contributed by atoms with Crippen molar-refractivity contribution >= 4 is 37.9 Å². The molecule has 0 aliphatic heterocycles. The van der Waals surface area contributed by atoms with Gasteiger partial charge in [-0.1, -0.05) is 11.3 Å². The molecule has 0 radical (unpaired) electrons. The molecule has 2 aromatic rings. The number of rotatable bonds is 5. The summed E-state index contributed by atoms with van der Waals surface area (Å²) in [6.07, 6.45) is 0. The molecule has 0 aliphatic rings. The van der Waals surface area contributed by atoms with E-state index < -0.39 is 14.9 Å². The van der Waals surface area contributed by atoms with Gasteiger partial charge in [0, 0.05) is 13.1 Å². The van der Waals surface area contributed by atoms with E-state index in [0.29, 0.717) is 0 Å². The summed E-state index contributed by atoms with van der Waals surface area (Å²) in [5.41, 5.74) is 1.27. The number of benzene rings is 1. The third kappa shape index (κ3) is 2.83. The minimum Gasteiger partial charge on any atom is -0.383 e. The topological polar surface area (TPSA) is 127 Å². The first-order valence-corrected chi connectivity index (χ1v) is 7.55. The van der Waals surface area contributed by atoms with E-state index in [2.05, 4.69) is 20.2 Å². The van der Waals surface area contributed by atoms with Gasteiger partial charge in [0.05, 0.1) is 9.82 Å². The summed E-state index contributed by atoms with van der Waals surface area (Å²) in [6.45, 7) is 0. The molecule has 1 aromatic heterocycles. The lowest BCUT2D eigenvalue weighted by atomic mass is 10.3. The number of nitro groups is 1. The Morgan fingerprint density at radius 1 is 1.40 bits per heavy atom. The molecule has 2 N–H and O–H groups in total. The van der Waals surface area contributed by atoms with Crippen LogP contribution < -0.4 is 10.0 Å². The molecule has 0 atom stereocenters. The molecule has 0 unspecified atom stereocenters. The van der Waals surface area contributed by atoms with Crippen molar-refractivity contribution in [1.82, 2.24) is 10.2 Å². The van der Waals surface area contributed by atoms with E-state index in [1.807, 2.05) is 0 Å². The van der Waals surface area contributed by atoms with E-state index in [4.69, 9.17) is 0 Å². The summed E-state index contributed by atoms with van der Waals surface area (Å²) in [5, 5.41) is 20.7. The molecule has 0 saturated carbocycles. The molecule has 9 nitrogen and oxygen atoms in total. The van der Waals surface area contributed by atoms with E-state index in [0.717, 1.165) is 17.4 Å². The van der Waals surface area contributed by atoms with E-state index in [-0.39, 0.29) is 21.4 Å². The molecule has 0 saturated heterocycles. The lowest BCUT2D eigenvalue weighted by molar-refractivity contribution is -0.384. The lowest BCUT2D eigenvalue weighted by Crippen LogP contribution is -2.13. The third-order valence-electron chi connectivity index (χ3n) is 2.33. The first kappa shape index (κ1) is 14.1. The van der Waals surface area contributed by atoms with Crippen LogP contribution in [0, 0.1) is 10.1 Å². The quantitative estimate of drug-likeness (QED) is 0.628. The molecule has 2 rings (SSSR count). The molecule has 0 amide bonds. The van der Waals surface area contributed by atoms with Crippen LogP contribution in [0.2, 0.25) is 0 Å². The molecular formula is C9H9N5O4S2. The maximum Gasteiger partial charge on any atom is 0.293 e. The van der Waals surface area contributed by atoms with Crippen LogP contribution in [0.25, 0.3) is 0 Å². The zero-order valence-corrected chi connectivity index (χ0v) is 11.7. The Bertz CT molecular complexity index is 729. The van der Waals surface area contributed by atoms with Crippen molar-refractivity contribution in [1.29, 1.82) is 0 Å². The number of anilines is 2. The zero-order chi connectivity index (χ0) is 14.8. The Morgan fingerprint density at radius 3 is 2.70 bits per heavy atom. The van der Waals surface area contributed by atoms with Gasteiger partial charge in [-0.05, 0) is 12.1 Å². The van der Waals surface area contributed by atoms with Crippen molar-refractivity contribution in [2.45, 2.75) is 4.90 Å². The number of sulfonamides is 1. The van der Waals surface area contributed by atoms with Gasteiger partial charge in [-0.2, -0.15) is 0 Å². The largest absolute Gasteiger partial charge is 0.383 e. The highest BCUT2D eigenvalue weighted by Crippen LogP contribution is 2.28. The SMILES string of the molecule is CNc1ccc(S(=O)(=O)Nc2nncs2)cc1[N+](=O)[O-]. The van der Waals surface area contributed by atoms with Crippen LogP contribution in [0.5, 0.6) is 0 Å². The van der Waals surface area contributed by atoms with E-state index in [9.17, 15) is 18.5 Å². The Labute approximate surface area is 117 Å². The van der Waals surface area contributed by atoms with Crippen LogP contribution in [0.1, 0.15) is 0 Å². The fourth-order valence-electron chi connectivity index (χ4n) is 1.43. The normalized spacial score (nSPS) is 11.1. The fraction of sp³-hybridized carbons (Fsp3) is 0.111. The van der Waals surface area contributed by atoms with Gasteiger partial charge in [0.25, 0.3) is 15.7 Å². The van der Waals surface area contributed by atoms with Gasteiger partial charge in [0.2, 0.25) is 5.13 Å². The van der Waals surface area contributed by atoms with Crippen molar-refractivity contribution in [3.05, 3.63) is 33.8 Å². The number of nitrogens with one attached hydrogen (secondary N) is 2. The summed E-state index contributed by atoms with van der Waals surface area (Å²) in [7, 11) is -2.43. The number of hydrogen-bond acceptors (Lipinski definition) is 8. The standard InChI is InChI=1S/C9H9N5O4S2/c1-10-7-3-2-6(4-8(7)14(15)16)20(17,18)13-9-12-11-5-19-9/h2-5,10H,1H3,(H,12,13). The first-order valence-electron chi connectivity index (χ1n) is 5.19. The van der Waals surface area contributed by atoms with Crippen LogP contribution in [0.15, 0.2) is 28.6 Å². The predicted molar refractivity (Wildman–Crippen MR) is 73.4 cm³/mol. The summed E-state index contributed by atoms with van der Waals surface area (Å²) in [6, 6.07) is 3.57. The average molecular weight is 315 g/mol. The zero-order valence-electron chi connectivity index (χ0n) is 10.1. The Hall–Kier alpha value is -2.27. The maximum absolute atomic E-state index is 12.1. The first-order chi connectivity index (χ1) is 9.44. The molecule has 0 fully saturated rings. The van der Waals surface area contributed by atoms with Gasteiger partial charge in [-0.15, -0.1) is 10.2 Å². The fourth-order valence-corrected chi connectivity index (χ4v) is 3.14. The maximum atomic E-state index is 12.1. The van der Waals surface area contributed by atoms with Crippen molar-refractivity contribution < 1.29 is 13.3 Å². The van der Waals surface area contributed by atoms with E-state index >= 15 is 0 Å². The summed E-state index contributed by atoms with van der Waals surface area (Å²) < 4.78 is 26.3. The Morgan fingerprint density at radius 2 is 2.15 bits per heavy atom. The Kier molecular flexibility index (Phi) is 3.81. The number of nitro benzene ring substituents is 1. The van der Waals surface area contributed by atoms with Crippen molar-refractivity contribution in [2.24, 2.45) is 0 Å². The van der Waals surface area contributed by atoms with Gasteiger partial charge < -0.3 is 5.32 Å². The van der Waals surface area contributed by atoms with Crippen LogP contribution >= 0.6 is 11.3 Å². The van der Waals surface area contributed by atoms with E-state index in [1.54, 1.807) is 0 Å². The van der Waals surface area contributed by atoms with Crippen molar-refractivity contribution in [3.8, 4) is 0 Å². The highest BCUT2D eigenvalue weighted by molar-refractivity contribution is 7.93. The Balaban J connectivity index is 2.42. The van der Waals surface area contributed by atoms with Crippen molar-refractivity contribution in [3.63, 3.8) is 0 Å². The minimum atomic E-state index is -3.94. The second-order valence-corrected chi connectivity index (χ2v) is 6.05. The smallest absolute Gasteiger partial charge is 0.293 e. The van der Waals surface area contributed by atoms with Gasteiger partial charge in [0.15, 0.2) is 0 Å². The molecule has 0 spiro atoms. The van der Waals surface area contributed by atoms with Gasteiger partial charge in [-0.3, -0.25) is 14.8 Å². The number of nitrogens with zero attached hydrogens (tertiary/aromatic N) is 3. The van der Waals surface area contributed by atoms with Crippen LogP contribution in [-0.2, 0) is 10.0 Å². The molecule has 0 bridgehead atoms.